The van der Waals surface area contributed by atoms with Gasteiger partial charge in [-0.15, -0.1) is 11.3 Å². The van der Waals surface area contributed by atoms with Crippen LogP contribution in [0.5, 0.6) is 0 Å². The molecule has 0 saturated heterocycles. The zero-order valence-electron chi connectivity index (χ0n) is 23.6. The zero-order chi connectivity index (χ0) is 28.2. The fourth-order valence-corrected chi connectivity index (χ4v) is 8.17. The van der Waals surface area contributed by atoms with Gasteiger partial charge < -0.3 is 0 Å². The molecule has 2 unspecified atom stereocenters. The molecule has 0 spiro atoms. The Balaban J connectivity index is 1.41. The van der Waals surface area contributed by atoms with E-state index in [-0.39, 0.29) is 12.0 Å². The van der Waals surface area contributed by atoms with Crippen LogP contribution in [-0.4, -0.2) is 17.5 Å². The van der Waals surface area contributed by atoms with Crippen molar-refractivity contribution in [3.05, 3.63) is 144 Å². The number of allylic oxidation sites excluding steroid dienone is 2. The van der Waals surface area contributed by atoms with Crippen LogP contribution in [0, 0.1) is 13.8 Å². The minimum Gasteiger partial charge on any atom is -0.274 e. The fraction of sp³-hybridized carbons (Fsp3) is 0.158. The topological polar surface area (TPSA) is 24.7 Å². The van der Waals surface area contributed by atoms with E-state index < -0.39 is 0 Å². The zero-order valence-corrected chi connectivity index (χ0v) is 24.4. The maximum Gasteiger partial charge on any atom is 0.0989 e. The molecule has 0 radical (unpaired) electrons. The van der Waals surface area contributed by atoms with Crippen LogP contribution < -0.4 is 0 Å². The highest BCUT2D eigenvalue weighted by molar-refractivity contribution is 7.26. The van der Waals surface area contributed by atoms with E-state index in [1.165, 1.54) is 64.7 Å². The molecule has 0 N–H and O–H groups in total. The summed E-state index contributed by atoms with van der Waals surface area (Å²) in [6.07, 6.45) is 5.65. The van der Waals surface area contributed by atoms with Crippen LogP contribution >= 0.6 is 11.3 Å². The van der Waals surface area contributed by atoms with Gasteiger partial charge in [0.15, 0.2) is 0 Å². The molecule has 0 saturated carbocycles. The molecule has 3 heteroatoms. The van der Waals surface area contributed by atoms with Crippen LogP contribution in [0.4, 0.5) is 0 Å². The Kier molecular flexibility index (Phi) is 6.21. The van der Waals surface area contributed by atoms with Crippen LogP contribution in [0.1, 0.15) is 45.7 Å². The monoisotopic (exact) mass is 548 g/mol. The van der Waals surface area contributed by atoms with E-state index in [1.54, 1.807) is 0 Å². The Morgan fingerprint density at radius 1 is 0.829 bits per heavy atom. The summed E-state index contributed by atoms with van der Waals surface area (Å²) in [5.41, 5.74) is 12.8. The molecule has 2 nitrogen and oxygen atoms in total. The Labute approximate surface area is 245 Å². The highest BCUT2D eigenvalue weighted by atomic mass is 32.1. The first-order chi connectivity index (χ1) is 20.0. The van der Waals surface area contributed by atoms with Gasteiger partial charge in [-0.3, -0.25) is 9.98 Å². The summed E-state index contributed by atoms with van der Waals surface area (Å²) < 4.78 is 2.56. The number of aliphatic imine (C=N–C) groups is 2. The maximum absolute atomic E-state index is 5.16. The van der Waals surface area contributed by atoms with E-state index in [4.69, 9.17) is 9.98 Å². The Morgan fingerprint density at radius 2 is 1.59 bits per heavy atom. The maximum atomic E-state index is 5.16. The van der Waals surface area contributed by atoms with Gasteiger partial charge in [-0.05, 0) is 78.3 Å². The first kappa shape index (κ1) is 25.6. The SMILES string of the molecule is C=CC1=NC2C(=C)N=C(C=C)c3c(ccc4c3sc3cc(-c5c(C)cccc5C)ccc34)CCC2c2ccccc21. The molecule has 2 aliphatic heterocycles. The van der Waals surface area contributed by atoms with Gasteiger partial charge in [0.25, 0.3) is 0 Å². The van der Waals surface area contributed by atoms with Crippen molar-refractivity contribution in [2.45, 2.75) is 38.6 Å². The standard InChI is InChI=1S/C38H32N2S/c1-6-32-28-14-9-8-13-27(28)30-19-15-25-16-20-31-29-18-17-26(35-22(3)11-10-12-23(35)4)21-34(29)41-38(31)36(25)33(7-2)39-24(5)37(30)40-32/h6-14,16-18,20-21,30,37H,1-2,5,15,19H2,3-4H3. The van der Waals surface area contributed by atoms with E-state index in [0.717, 1.165) is 30.0 Å². The summed E-state index contributed by atoms with van der Waals surface area (Å²) in [4.78, 5) is 10.3. The van der Waals surface area contributed by atoms with Gasteiger partial charge in [-0.25, -0.2) is 0 Å². The second-order valence-electron chi connectivity index (χ2n) is 11.1. The Bertz CT molecular complexity index is 1960. The summed E-state index contributed by atoms with van der Waals surface area (Å²) in [5.74, 6) is 0.209. The molecule has 7 rings (SSSR count). The van der Waals surface area contributed by atoms with E-state index in [1.807, 2.05) is 23.5 Å². The number of nitrogens with zero attached hydrogens (tertiary/aromatic N) is 2. The van der Waals surface area contributed by atoms with Gasteiger partial charge in [-0.2, -0.15) is 0 Å². The smallest absolute Gasteiger partial charge is 0.0989 e. The minimum absolute atomic E-state index is 0.125. The lowest BCUT2D eigenvalue weighted by molar-refractivity contribution is 0.541. The van der Waals surface area contributed by atoms with Gasteiger partial charge in [0, 0.05) is 37.2 Å². The van der Waals surface area contributed by atoms with Crippen molar-refractivity contribution in [1.29, 1.82) is 0 Å². The Morgan fingerprint density at radius 3 is 2.37 bits per heavy atom. The highest BCUT2D eigenvalue weighted by Gasteiger charge is 2.33. The summed E-state index contributed by atoms with van der Waals surface area (Å²) >= 11 is 1.86. The number of hydrogen-bond acceptors (Lipinski definition) is 3. The second-order valence-corrected chi connectivity index (χ2v) is 12.2. The summed E-state index contributed by atoms with van der Waals surface area (Å²) in [5, 5.41) is 2.55. The third-order valence-electron chi connectivity index (χ3n) is 8.77. The molecule has 0 fully saturated rings. The normalized spacial score (nSPS) is 18.3. The van der Waals surface area contributed by atoms with Gasteiger partial charge in [0.2, 0.25) is 0 Å². The first-order valence-electron chi connectivity index (χ1n) is 14.2. The molecule has 2 aliphatic rings. The molecule has 0 amide bonds. The van der Waals surface area contributed by atoms with Crippen LogP contribution in [0.2, 0.25) is 0 Å². The molecule has 0 aliphatic carbocycles. The summed E-state index contributed by atoms with van der Waals surface area (Å²) in [6, 6.07) is 26.5. The van der Waals surface area contributed by atoms with Crippen LogP contribution in [-0.2, 0) is 6.42 Å². The quantitative estimate of drug-likeness (QED) is 0.214. The van der Waals surface area contributed by atoms with E-state index in [9.17, 15) is 0 Å². The van der Waals surface area contributed by atoms with Gasteiger partial charge in [-0.1, -0.05) is 86.5 Å². The molecule has 2 atom stereocenters. The van der Waals surface area contributed by atoms with E-state index in [0.29, 0.717) is 0 Å². The molecule has 5 aromatic rings. The predicted molar refractivity (Wildman–Crippen MR) is 178 cm³/mol. The van der Waals surface area contributed by atoms with Gasteiger partial charge in [0.05, 0.1) is 23.2 Å². The number of benzene rings is 4. The largest absolute Gasteiger partial charge is 0.274 e. The number of fused-ring (bicyclic) bond motifs is 8. The van der Waals surface area contributed by atoms with Crippen molar-refractivity contribution in [2.24, 2.45) is 9.98 Å². The number of aryl methyl sites for hydroxylation is 3. The van der Waals surface area contributed by atoms with Crippen LogP contribution in [0.15, 0.2) is 120 Å². The molecule has 41 heavy (non-hydrogen) atoms. The predicted octanol–water partition coefficient (Wildman–Crippen LogP) is 9.91. The van der Waals surface area contributed by atoms with E-state index >= 15 is 0 Å². The van der Waals surface area contributed by atoms with Gasteiger partial charge in [0.1, 0.15) is 0 Å². The third kappa shape index (κ3) is 4.07. The van der Waals surface area contributed by atoms with Crippen molar-refractivity contribution >= 4 is 42.9 Å². The number of rotatable bonds is 3. The lowest BCUT2D eigenvalue weighted by Gasteiger charge is -2.31. The summed E-state index contributed by atoms with van der Waals surface area (Å²) in [6.45, 7) is 17.1. The van der Waals surface area contributed by atoms with Crippen molar-refractivity contribution in [1.82, 2.24) is 0 Å². The number of thiophene rings is 1. The first-order valence-corrected chi connectivity index (χ1v) is 15.0. The van der Waals surface area contributed by atoms with Crippen LogP contribution in [0.3, 0.4) is 0 Å². The Hall–Kier alpha value is -4.34. The molecule has 1 aromatic heterocycles. The average molecular weight is 549 g/mol. The molecule has 3 heterocycles. The molecular formula is C38H32N2S. The lowest BCUT2D eigenvalue weighted by atomic mass is 9.79. The lowest BCUT2D eigenvalue weighted by Crippen LogP contribution is -2.27. The molecular weight excluding hydrogens is 516 g/mol. The van der Waals surface area contributed by atoms with Crippen molar-refractivity contribution in [3.8, 4) is 11.1 Å². The molecule has 0 bridgehead atoms. The second kappa shape index (κ2) is 9.94. The van der Waals surface area contributed by atoms with Crippen molar-refractivity contribution < 1.29 is 0 Å². The molecule has 200 valence electrons. The average Bonchev–Trinajstić information content (AvgIpc) is 3.37. The number of hydrogen-bond donors (Lipinski definition) is 0. The minimum atomic E-state index is -0.125. The fourth-order valence-electron chi connectivity index (χ4n) is 6.85. The van der Waals surface area contributed by atoms with Crippen LogP contribution in [0.25, 0.3) is 31.3 Å². The van der Waals surface area contributed by atoms with Gasteiger partial charge >= 0.3 is 0 Å². The molecule has 4 aromatic carbocycles. The third-order valence-corrected chi connectivity index (χ3v) is 9.95. The van der Waals surface area contributed by atoms with Crippen molar-refractivity contribution in [3.63, 3.8) is 0 Å². The van der Waals surface area contributed by atoms with Crippen molar-refractivity contribution in [2.75, 3.05) is 0 Å². The summed E-state index contributed by atoms with van der Waals surface area (Å²) in [7, 11) is 0. The van der Waals surface area contributed by atoms with E-state index in [2.05, 4.69) is 106 Å². The highest BCUT2D eigenvalue weighted by Crippen LogP contribution is 2.43.